The fourth-order valence-corrected chi connectivity index (χ4v) is 1.79. The molecule has 14 heavy (non-hydrogen) atoms. The maximum Gasteiger partial charge on any atom is 0.101 e. The van der Waals surface area contributed by atoms with E-state index in [2.05, 4.69) is 16.0 Å². The fraction of sp³-hybridized carbons (Fsp3) is 0.0909. The molecule has 3 heteroatoms. The second kappa shape index (κ2) is 4.24. The van der Waals surface area contributed by atoms with E-state index >= 15 is 0 Å². The first-order valence-corrected chi connectivity index (χ1v) is 5.18. The van der Waals surface area contributed by atoms with Crippen LogP contribution in [0.3, 0.4) is 0 Å². The Hall–Kier alpha value is -1.35. The van der Waals surface area contributed by atoms with Gasteiger partial charge in [-0.05, 0) is 31.2 Å². The Kier molecular flexibility index (Phi) is 2.79. The molecule has 2 heterocycles. The summed E-state index contributed by atoms with van der Waals surface area (Å²) in [6.45, 7) is 1.98. The van der Waals surface area contributed by atoms with Gasteiger partial charge in [-0.15, -0.1) is 0 Å². The first-order valence-electron chi connectivity index (χ1n) is 4.36. The van der Waals surface area contributed by atoms with Crippen LogP contribution >= 0.6 is 11.8 Å². The van der Waals surface area contributed by atoms with Crippen LogP contribution in [0.2, 0.25) is 0 Å². The molecule has 0 N–H and O–H groups in total. The highest BCUT2D eigenvalue weighted by atomic mass is 32.2. The smallest absolute Gasteiger partial charge is 0.101 e. The lowest BCUT2D eigenvalue weighted by molar-refractivity contribution is 1.11. The molecule has 0 bridgehead atoms. The van der Waals surface area contributed by atoms with Gasteiger partial charge >= 0.3 is 0 Å². The van der Waals surface area contributed by atoms with Crippen molar-refractivity contribution in [3.05, 3.63) is 48.4 Å². The van der Waals surface area contributed by atoms with Gasteiger partial charge < -0.3 is 0 Å². The highest BCUT2D eigenvalue weighted by Gasteiger charge is 1.97. The largest absolute Gasteiger partial charge is 0.260 e. The van der Waals surface area contributed by atoms with E-state index < -0.39 is 0 Å². The van der Waals surface area contributed by atoms with Crippen molar-refractivity contribution < 1.29 is 0 Å². The average molecular weight is 202 g/mol. The quantitative estimate of drug-likeness (QED) is 0.748. The molecule has 0 atom stereocenters. The Morgan fingerprint density at radius 1 is 1.07 bits per heavy atom. The summed E-state index contributed by atoms with van der Waals surface area (Å²) < 4.78 is 0. The standard InChI is InChI=1S/C11H10N2S/c1-9-5-6-10(8-13-9)14-11-4-2-3-7-12-11/h2-8H,1H3. The highest BCUT2D eigenvalue weighted by molar-refractivity contribution is 7.99. The van der Waals surface area contributed by atoms with Crippen molar-refractivity contribution in [2.75, 3.05) is 0 Å². The van der Waals surface area contributed by atoms with Gasteiger partial charge in [0, 0.05) is 23.0 Å². The molecule has 0 saturated heterocycles. The summed E-state index contributed by atoms with van der Waals surface area (Å²) in [6.07, 6.45) is 3.67. The van der Waals surface area contributed by atoms with Gasteiger partial charge in [0.25, 0.3) is 0 Å². The zero-order valence-corrected chi connectivity index (χ0v) is 8.66. The first-order chi connectivity index (χ1) is 6.84. The molecule has 0 aliphatic carbocycles. The predicted octanol–water partition coefficient (Wildman–Crippen LogP) is 2.94. The van der Waals surface area contributed by atoms with Gasteiger partial charge in [0.2, 0.25) is 0 Å². The molecule has 0 aromatic carbocycles. The van der Waals surface area contributed by atoms with Gasteiger partial charge in [-0.1, -0.05) is 17.8 Å². The second-order valence-corrected chi connectivity index (χ2v) is 4.00. The number of hydrogen-bond acceptors (Lipinski definition) is 3. The lowest BCUT2D eigenvalue weighted by atomic mass is 10.4. The van der Waals surface area contributed by atoms with E-state index in [1.807, 2.05) is 37.4 Å². The highest BCUT2D eigenvalue weighted by Crippen LogP contribution is 2.24. The van der Waals surface area contributed by atoms with E-state index in [9.17, 15) is 0 Å². The molecular formula is C11H10N2S. The molecule has 0 amide bonds. The van der Waals surface area contributed by atoms with Crippen molar-refractivity contribution in [2.24, 2.45) is 0 Å². The van der Waals surface area contributed by atoms with Crippen LogP contribution in [0.15, 0.2) is 52.6 Å². The van der Waals surface area contributed by atoms with E-state index in [1.165, 1.54) is 0 Å². The Bertz CT molecular complexity index is 397. The van der Waals surface area contributed by atoms with Crippen molar-refractivity contribution in [1.29, 1.82) is 0 Å². The van der Waals surface area contributed by atoms with Crippen LogP contribution in [0.5, 0.6) is 0 Å². The summed E-state index contributed by atoms with van der Waals surface area (Å²) in [5.41, 5.74) is 1.04. The van der Waals surface area contributed by atoms with Crippen molar-refractivity contribution >= 4 is 11.8 Å². The molecule has 0 aliphatic rings. The molecule has 2 aromatic rings. The summed E-state index contributed by atoms with van der Waals surface area (Å²) in [4.78, 5) is 9.58. The van der Waals surface area contributed by atoms with Crippen LogP contribution in [-0.2, 0) is 0 Å². The van der Waals surface area contributed by atoms with Crippen LogP contribution < -0.4 is 0 Å². The molecule has 0 unspecified atom stereocenters. The van der Waals surface area contributed by atoms with E-state index in [0.717, 1.165) is 15.6 Å². The lowest BCUT2D eigenvalue weighted by Crippen LogP contribution is -1.81. The third-order valence-electron chi connectivity index (χ3n) is 1.74. The normalized spacial score (nSPS) is 10.1. The lowest BCUT2D eigenvalue weighted by Gasteiger charge is -1.99. The van der Waals surface area contributed by atoms with Gasteiger partial charge in [-0.2, -0.15) is 0 Å². The number of aryl methyl sites for hydroxylation is 1. The van der Waals surface area contributed by atoms with E-state index in [1.54, 1.807) is 18.0 Å². The monoisotopic (exact) mass is 202 g/mol. The van der Waals surface area contributed by atoms with Crippen LogP contribution in [0.25, 0.3) is 0 Å². The predicted molar refractivity (Wildman–Crippen MR) is 57.3 cm³/mol. The van der Waals surface area contributed by atoms with Crippen LogP contribution in [-0.4, -0.2) is 9.97 Å². The van der Waals surface area contributed by atoms with Crippen molar-refractivity contribution in [3.63, 3.8) is 0 Å². The van der Waals surface area contributed by atoms with E-state index in [0.29, 0.717) is 0 Å². The third kappa shape index (κ3) is 2.33. The minimum atomic E-state index is 0.998. The van der Waals surface area contributed by atoms with Gasteiger partial charge in [-0.3, -0.25) is 4.98 Å². The number of pyridine rings is 2. The minimum Gasteiger partial charge on any atom is -0.260 e. The third-order valence-corrected chi connectivity index (χ3v) is 2.67. The van der Waals surface area contributed by atoms with Crippen LogP contribution in [0.4, 0.5) is 0 Å². The van der Waals surface area contributed by atoms with Crippen molar-refractivity contribution in [2.45, 2.75) is 16.8 Å². The maximum absolute atomic E-state index is 4.23. The van der Waals surface area contributed by atoms with Crippen molar-refractivity contribution in [1.82, 2.24) is 9.97 Å². The second-order valence-electron chi connectivity index (χ2n) is 2.91. The first kappa shape index (κ1) is 9.21. The molecule has 0 fully saturated rings. The van der Waals surface area contributed by atoms with Gasteiger partial charge in [0.1, 0.15) is 5.03 Å². The molecule has 2 rings (SSSR count). The molecule has 2 aromatic heterocycles. The number of rotatable bonds is 2. The van der Waals surface area contributed by atoms with Gasteiger partial charge in [0.15, 0.2) is 0 Å². The Morgan fingerprint density at radius 2 is 2.00 bits per heavy atom. The molecule has 0 saturated carbocycles. The van der Waals surface area contributed by atoms with E-state index in [-0.39, 0.29) is 0 Å². The van der Waals surface area contributed by atoms with Gasteiger partial charge in [-0.25, -0.2) is 4.98 Å². The summed E-state index contributed by atoms with van der Waals surface area (Å²) >= 11 is 1.62. The Morgan fingerprint density at radius 3 is 2.64 bits per heavy atom. The number of hydrogen-bond donors (Lipinski definition) is 0. The Balaban J connectivity index is 2.16. The summed E-state index contributed by atoms with van der Waals surface area (Å²) in [5.74, 6) is 0. The number of aromatic nitrogens is 2. The zero-order chi connectivity index (χ0) is 9.80. The minimum absolute atomic E-state index is 0.998. The topological polar surface area (TPSA) is 25.8 Å². The molecular weight excluding hydrogens is 192 g/mol. The fourth-order valence-electron chi connectivity index (χ4n) is 1.04. The van der Waals surface area contributed by atoms with E-state index in [4.69, 9.17) is 0 Å². The molecule has 2 nitrogen and oxygen atoms in total. The molecule has 70 valence electrons. The van der Waals surface area contributed by atoms with Crippen molar-refractivity contribution in [3.8, 4) is 0 Å². The molecule has 0 spiro atoms. The maximum atomic E-state index is 4.23. The summed E-state index contributed by atoms with van der Waals surface area (Å²) in [7, 11) is 0. The number of nitrogens with zero attached hydrogens (tertiary/aromatic N) is 2. The van der Waals surface area contributed by atoms with Crippen LogP contribution in [0, 0.1) is 6.92 Å². The average Bonchev–Trinajstić information content (AvgIpc) is 2.23. The SMILES string of the molecule is Cc1ccc(Sc2ccccn2)cn1. The van der Waals surface area contributed by atoms with Gasteiger partial charge in [0.05, 0.1) is 0 Å². The summed E-state index contributed by atoms with van der Waals surface area (Å²) in [5, 5.41) is 0.998. The zero-order valence-electron chi connectivity index (χ0n) is 7.84. The van der Waals surface area contributed by atoms with Crippen LogP contribution in [0.1, 0.15) is 5.69 Å². The molecule has 0 radical (unpaired) electrons. The summed E-state index contributed by atoms with van der Waals surface area (Å²) in [6, 6.07) is 9.95. The Labute approximate surface area is 87.4 Å². The molecule has 0 aliphatic heterocycles.